The van der Waals surface area contributed by atoms with Gasteiger partial charge in [0.25, 0.3) is 0 Å². The van der Waals surface area contributed by atoms with Crippen molar-refractivity contribution in [2.24, 2.45) is 5.92 Å². The lowest BCUT2D eigenvalue weighted by Crippen LogP contribution is -2.56. The Labute approximate surface area is 95.8 Å². The van der Waals surface area contributed by atoms with Crippen molar-refractivity contribution in [1.82, 2.24) is 5.06 Å². The van der Waals surface area contributed by atoms with E-state index in [-0.39, 0.29) is 30.2 Å². The molecule has 0 unspecified atom stereocenters. The number of fused-ring (bicyclic) bond motifs is 1. The molecule has 3 fully saturated rings. The van der Waals surface area contributed by atoms with Gasteiger partial charge in [0, 0.05) is 0 Å². The SMILES string of the molecule is N#C[C@@H]1[C@@H]2CCC[C@]13CCC[C@@H](CO)N3O2. The third-order valence-corrected chi connectivity index (χ3v) is 4.57. The number of nitriles is 1. The fourth-order valence-corrected chi connectivity index (χ4v) is 3.86. The maximum absolute atomic E-state index is 9.41. The lowest BCUT2D eigenvalue weighted by molar-refractivity contribution is -0.227. The molecule has 1 saturated carbocycles. The molecule has 2 bridgehead atoms. The Bertz CT molecular complexity index is 323. The average Bonchev–Trinajstić information content (AvgIpc) is 2.49. The van der Waals surface area contributed by atoms with E-state index in [4.69, 9.17) is 4.84 Å². The van der Waals surface area contributed by atoms with Crippen LogP contribution in [-0.4, -0.2) is 34.5 Å². The summed E-state index contributed by atoms with van der Waals surface area (Å²) in [6.45, 7) is 0.145. The van der Waals surface area contributed by atoms with Gasteiger partial charge in [0.2, 0.25) is 0 Å². The van der Waals surface area contributed by atoms with Gasteiger partial charge in [-0.2, -0.15) is 10.3 Å². The normalized spacial score (nSPS) is 47.4. The van der Waals surface area contributed by atoms with Crippen molar-refractivity contribution in [1.29, 1.82) is 5.26 Å². The molecule has 2 aliphatic heterocycles. The Morgan fingerprint density at radius 3 is 2.81 bits per heavy atom. The van der Waals surface area contributed by atoms with Gasteiger partial charge in [-0.1, -0.05) is 0 Å². The zero-order valence-corrected chi connectivity index (χ0v) is 9.43. The summed E-state index contributed by atoms with van der Waals surface area (Å²) >= 11 is 0. The van der Waals surface area contributed by atoms with Crippen LogP contribution < -0.4 is 0 Å². The topological polar surface area (TPSA) is 56.5 Å². The molecule has 4 heteroatoms. The van der Waals surface area contributed by atoms with Gasteiger partial charge in [-0.15, -0.1) is 0 Å². The third kappa shape index (κ3) is 1.20. The molecule has 1 spiro atoms. The quantitative estimate of drug-likeness (QED) is 0.724. The number of piperidine rings is 1. The van der Waals surface area contributed by atoms with Crippen LogP contribution in [0.1, 0.15) is 38.5 Å². The molecule has 3 rings (SSSR count). The Morgan fingerprint density at radius 1 is 1.38 bits per heavy atom. The standard InChI is InChI=1S/C12H18N2O2/c13-7-10-11-4-2-6-12(10)5-1-3-9(8-15)14(12)16-11/h9-11,15H,1-6,8H2/t9-,10+,11-,12+/m0/s1. The zero-order chi connectivity index (χ0) is 11.2. The van der Waals surface area contributed by atoms with Crippen molar-refractivity contribution < 1.29 is 9.94 Å². The smallest absolute Gasteiger partial charge is 0.0970 e. The van der Waals surface area contributed by atoms with Crippen molar-refractivity contribution in [2.75, 3.05) is 6.61 Å². The predicted octanol–water partition coefficient (Wildman–Crippen LogP) is 1.21. The molecule has 4 nitrogen and oxygen atoms in total. The van der Waals surface area contributed by atoms with Crippen LogP contribution in [0.15, 0.2) is 0 Å². The van der Waals surface area contributed by atoms with Crippen molar-refractivity contribution in [3.8, 4) is 6.07 Å². The van der Waals surface area contributed by atoms with Gasteiger partial charge in [-0.3, -0.25) is 4.84 Å². The number of hydroxylamine groups is 2. The Hall–Kier alpha value is -0.630. The van der Waals surface area contributed by atoms with Crippen LogP contribution in [0.25, 0.3) is 0 Å². The molecule has 1 N–H and O–H groups in total. The summed E-state index contributed by atoms with van der Waals surface area (Å²) in [4.78, 5) is 5.94. The second-order valence-corrected chi connectivity index (χ2v) is 5.30. The molecule has 0 aromatic carbocycles. The minimum atomic E-state index is -0.0800. The molecule has 0 amide bonds. The van der Waals surface area contributed by atoms with E-state index in [0.29, 0.717) is 0 Å². The minimum absolute atomic E-state index is 0.00981. The first-order chi connectivity index (χ1) is 7.81. The summed E-state index contributed by atoms with van der Waals surface area (Å²) in [7, 11) is 0. The van der Waals surface area contributed by atoms with E-state index in [1.807, 2.05) is 5.06 Å². The van der Waals surface area contributed by atoms with Gasteiger partial charge in [-0.05, 0) is 38.5 Å². The number of rotatable bonds is 1. The van der Waals surface area contributed by atoms with Crippen LogP contribution in [0.2, 0.25) is 0 Å². The van der Waals surface area contributed by atoms with E-state index < -0.39 is 0 Å². The Kier molecular flexibility index (Phi) is 2.43. The van der Waals surface area contributed by atoms with E-state index in [2.05, 4.69) is 6.07 Å². The van der Waals surface area contributed by atoms with Crippen LogP contribution in [0.4, 0.5) is 0 Å². The molecular weight excluding hydrogens is 204 g/mol. The van der Waals surface area contributed by atoms with Crippen LogP contribution in [0.5, 0.6) is 0 Å². The van der Waals surface area contributed by atoms with Crippen LogP contribution >= 0.6 is 0 Å². The molecule has 1 aliphatic carbocycles. The first-order valence-electron chi connectivity index (χ1n) is 6.28. The van der Waals surface area contributed by atoms with Gasteiger partial charge in [-0.25, -0.2) is 0 Å². The number of hydrogen-bond donors (Lipinski definition) is 1. The zero-order valence-electron chi connectivity index (χ0n) is 9.43. The van der Waals surface area contributed by atoms with E-state index >= 15 is 0 Å². The summed E-state index contributed by atoms with van der Waals surface area (Å²) in [5.41, 5.74) is -0.0800. The minimum Gasteiger partial charge on any atom is -0.395 e. The first-order valence-corrected chi connectivity index (χ1v) is 6.28. The molecule has 0 aromatic rings. The van der Waals surface area contributed by atoms with Crippen LogP contribution in [0, 0.1) is 17.2 Å². The fraction of sp³-hybridized carbons (Fsp3) is 0.917. The largest absolute Gasteiger partial charge is 0.395 e. The highest BCUT2D eigenvalue weighted by atomic mass is 16.7. The Balaban J connectivity index is 1.97. The van der Waals surface area contributed by atoms with Crippen molar-refractivity contribution >= 4 is 0 Å². The number of aliphatic hydroxyl groups excluding tert-OH is 1. The number of aliphatic hydroxyl groups is 1. The molecule has 2 saturated heterocycles. The van der Waals surface area contributed by atoms with Gasteiger partial charge >= 0.3 is 0 Å². The highest BCUT2D eigenvalue weighted by molar-refractivity contribution is 5.14. The van der Waals surface area contributed by atoms with E-state index in [0.717, 1.165) is 38.5 Å². The highest BCUT2D eigenvalue weighted by Crippen LogP contribution is 2.52. The summed E-state index contributed by atoms with van der Waals surface area (Å²) in [6, 6.07) is 2.56. The van der Waals surface area contributed by atoms with E-state index in [1.54, 1.807) is 0 Å². The lowest BCUT2D eigenvalue weighted by atomic mass is 9.68. The van der Waals surface area contributed by atoms with Gasteiger partial charge in [0.1, 0.15) is 0 Å². The van der Waals surface area contributed by atoms with Crippen molar-refractivity contribution in [3.63, 3.8) is 0 Å². The molecule has 3 aliphatic rings. The summed E-state index contributed by atoms with van der Waals surface area (Å²) < 4.78 is 0. The second kappa shape index (κ2) is 3.69. The van der Waals surface area contributed by atoms with E-state index in [1.165, 1.54) is 0 Å². The first kappa shape index (κ1) is 10.5. The summed E-state index contributed by atoms with van der Waals surface area (Å²) in [5, 5.41) is 20.8. The molecule has 16 heavy (non-hydrogen) atoms. The highest BCUT2D eigenvalue weighted by Gasteiger charge is 2.60. The van der Waals surface area contributed by atoms with Crippen LogP contribution in [-0.2, 0) is 4.84 Å². The molecule has 0 aromatic heterocycles. The average molecular weight is 222 g/mol. The lowest BCUT2D eigenvalue weighted by Gasteiger charge is -2.46. The van der Waals surface area contributed by atoms with Crippen molar-refractivity contribution in [3.05, 3.63) is 0 Å². The molecule has 2 heterocycles. The van der Waals surface area contributed by atoms with Gasteiger partial charge in [0.05, 0.1) is 36.3 Å². The van der Waals surface area contributed by atoms with E-state index in [9.17, 15) is 10.4 Å². The molecular formula is C12H18N2O2. The summed E-state index contributed by atoms with van der Waals surface area (Å²) in [5.74, 6) is 0.00981. The summed E-state index contributed by atoms with van der Waals surface area (Å²) in [6.07, 6.45) is 6.42. The maximum atomic E-state index is 9.41. The third-order valence-electron chi connectivity index (χ3n) is 4.57. The predicted molar refractivity (Wildman–Crippen MR) is 57.1 cm³/mol. The monoisotopic (exact) mass is 222 g/mol. The van der Waals surface area contributed by atoms with Gasteiger partial charge in [0.15, 0.2) is 0 Å². The molecule has 88 valence electrons. The maximum Gasteiger partial charge on any atom is 0.0970 e. The fourth-order valence-electron chi connectivity index (χ4n) is 3.86. The van der Waals surface area contributed by atoms with Gasteiger partial charge < -0.3 is 5.11 Å². The van der Waals surface area contributed by atoms with Crippen molar-refractivity contribution in [2.45, 2.75) is 56.2 Å². The number of nitrogens with zero attached hydrogens (tertiary/aromatic N) is 2. The Morgan fingerprint density at radius 2 is 2.12 bits per heavy atom. The molecule has 4 atom stereocenters. The van der Waals surface area contributed by atoms with Crippen LogP contribution in [0.3, 0.4) is 0 Å². The number of hydrogen-bond acceptors (Lipinski definition) is 4. The second-order valence-electron chi connectivity index (χ2n) is 5.30. The molecule has 0 radical (unpaired) electrons.